The molecule has 0 amide bonds. The summed E-state index contributed by atoms with van der Waals surface area (Å²) in [7, 11) is 0. The summed E-state index contributed by atoms with van der Waals surface area (Å²) in [6.45, 7) is 3.87. The summed E-state index contributed by atoms with van der Waals surface area (Å²) >= 11 is 0. The molecule has 3 N–H and O–H groups in total. The maximum atomic E-state index is 12.4. The number of guanidine groups is 1. The van der Waals surface area contributed by atoms with Crippen molar-refractivity contribution < 1.29 is 17.9 Å². The van der Waals surface area contributed by atoms with Gasteiger partial charge >= 0.3 is 6.18 Å². The third kappa shape index (κ3) is 5.59. The standard InChI is InChI=1S/C14H20F3N5O/c15-14(16,17)11-2-3-12(21-10-11)19-4-1-5-20-13(18)22-6-8-23-9-7-22/h2-3,10H,1,4-9H2,(H2,18,20)(H,19,21). The number of anilines is 1. The lowest BCUT2D eigenvalue weighted by atomic mass is 10.3. The van der Waals surface area contributed by atoms with Crippen LogP contribution in [0.2, 0.25) is 0 Å². The van der Waals surface area contributed by atoms with E-state index in [9.17, 15) is 13.2 Å². The van der Waals surface area contributed by atoms with E-state index >= 15 is 0 Å². The number of nitrogens with one attached hydrogen (secondary N) is 1. The van der Waals surface area contributed by atoms with E-state index in [-0.39, 0.29) is 0 Å². The van der Waals surface area contributed by atoms with Crippen LogP contribution >= 0.6 is 0 Å². The number of alkyl halides is 3. The van der Waals surface area contributed by atoms with E-state index in [0.29, 0.717) is 44.5 Å². The predicted octanol–water partition coefficient (Wildman–Crippen LogP) is 1.55. The van der Waals surface area contributed by atoms with Gasteiger partial charge in [-0.3, -0.25) is 4.99 Å². The van der Waals surface area contributed by atoms with Crippen LogP contribution in [0.25, 0.3) is 0 Å². The van der Waals surface area contributed by atoms with Gasteiger partial charge in [-0.15, -0.1) is 0 Å². The Balaban J connectivity index is 1.69. The maximum Gasteiger partial charge on any atom is 0.417 e. The Bertz CT molecular complexity index is 512. The summed E-state index contributed by atoms with van der Waals surface area (Å²) in [5, 5.41) is 2.95. The Hall–Kier alpha value is -2.03. The minimum absolute atomic E-state index is 0.406. The molecule has 0 radical (unpaired) electrons. The zero-order valence-corrected chi connectivity index (χ0v) is 12.6. The number of aromatic nitrogens is 1. The quantitative estimate of drug-likeness (QED) is 0.486. The molecule has 0 unspecified atom stereocenters. The largest absolute Gasteiger partial charge is 0.417 e. The Kier molecular flexibility index (Phi) is 6.03. The van der Waals surface area contributed by atoms with Gasteiger partial charge in [0.05, 0.1) is 18.8 Å². The van der Waals surface area contributed by atoms with Crippen LogP contribution in [0, 0.1) is 0 Å². The Morgan fingerprint density at radius 3 is 2.70 bits per heavy atom. The fourth-order valence-corrected chi connectivity index (χ4v) is 2.05. The average Bonchev–Trinajstić information content (AvgIpc) is 2.55. The summed E-state index contributed by atoms with van der Waals surface area (Å²) < 4.78 is 42.4. The number of hydrogen-bond donors (Lipinski definition) is 2. The van der Waals surface area contributed by atoms with Crippen molar-refractivity contribution in [2.24, 2.45) is 10.7 Å². The molecule has 1 aromatic rings. The number of rotatable bonds is 5. The SMILES string of the molecule is NC(=NCCCNc1ccc(C(F)(F)F)cn1)N1CCOCC1. The van der Waals surface area contributed by atoms with Crippen molar-refractivity contribution in [1.29, 1.82) is 0 Å². The second-order valence-corrected chi connectivity index (χ2v) is 5.05. The first kappa shape index (κ1) is 17.3. The molecule has 1 saturated heterocycles. The molecule has 0 spiro atoms. The number of aliphatic imine (C=N–C) groups is 1. The average molecular weight is 331 g/mol. The van der Waals surface area contributed by atoms with Gasteiger partial charge in [0.1, 0.15) is 5.82 Å². The second-order valence-electron chi connectivity index (χ2n) is 5.05. The van der Waals surface area contributed by atoms with E-state index < -0.39 is 11.7 Å². The molecular weight excluding hydrogens is 311 g/mol. The van der Waals surface area contributed by atoms with Crippen LogP contribution in [0.3, 0.4) is 0 Å². The summed E-state index contributed by atoms with van der Waals surface area (Å²) in [6, 6.07) is 2.32. The van der Waals surface area contributed by atoms with Crippen molar-refractivity contribution in [3.8, 4) is 0 Å². The van der Waals surface area contributed by atoms with E-state index in [1.165, 1.54) is 6.07 Å². The monoisotopic (exact) mass is 331 g/mol. The highest BCUT2D eigenvalue weighted by Crippen LogP contribution is 2.28. The van der Waals surface area contributed by atoms with Crippen LogP contribution < -0.4 is 11.1 Å². The lowest BCUT2D eigenvalue weighted by molar-refractivity contribution is -0.137. The summed E-state index contributed by atoms with van der Waals surface area (Å²) in [6.07, 6.45) is -2.85. The molecule has 2 heterocycles. The molecule has 0 atom stereocenters. The third-order valence-corrected chi connectivity index (χ3v) is 3.34. The Morgan fingerprint density at radius 2 is 2.09 bits per heavy atom. The fraction of sp³-hybridized carbons (Fsp3) is 0.571. The number of hydrogen-bond acceptors (Lipinski definition) is 4. The number of halogens is 3. The Morgan fingerprint density at radius 1 is 1.35 bits per heavy atom. The van der Waals surface area contributed by atoms with Gasteiger partial charge in [-0.1, -0.05) is 0 Å². The molecule has 2 rings (SSSR count). The van der Waals surface area contributed by atoms with Crippen LogP contribution in [-0.2, 0) is 10.9 Å². The third-order valence-electron chi connectivity index (χ3n) is 3.34. The highest BCUT2D eigenvalue weighted by Gasteiger charge is 2.30. The summed E-state index contributed by atoms with van der Waals surface area (Å²) in [5.74, 6) is 0.907. The van der Waals surface area contributed by atoms with E-state index in [0.717, 1.165) is 25.4 Å². The Labute approximate surface area is 132 Å². The minimum atomic E-state index is -4.36. The molecule has 1 aromatic heterocycles. The first-order valence-electron chi connectivity index (χ1n) is 7.36. The number of pyridine rings is 1. The molecule has 1 aliphatic heterocycles. The van der Waals surface area contributed by atoms with Crippen molar-refractivity contribution >= 4 is 11.8 Å². The van der Waals surface area contributed by atoms with Gasteiger partial charge in [0.25, 0.3) is 0 Å². The fourth-order valence-electron chi connectivity index (χ4n) is 2.05. The maximum absolute atomic E-state index is 12.4. The van der Waals surface area contributed by atoms with Crippen molar-refractivity contribution in [3.63, 3.8) is 0 Å². The molecule has 0 bridgehead atoms. The molecular formula is C14H20F3N5O. The molecule has 6 nitrogen and oxygen atoms in total. The number of morpholine rings is 1. The number of ether oxygens (including phenoxy) is 1. The molecule has 0 aromatic carbocycles. The normalized spacial score (nSPS) is 16.5. The van der Waals surface area contributed by atoms with E-state index in [1.807, 2.05) is 4.90 Å². The molecule has 1 aliphatic rings. The van der Waals surface area contributed by atoms with E-state index in [1.54, 1.807) is 0 Å². The number of nitrogens with two attached hydrogens (primary N) is 1. The first-order chi connectivity index (χ1) is 11.0. The zero-order chi connectivity index (χ0) is 16.7. The van der Waals surface area contributed by atoms with Crippen molar-refractivity contribution in [1.82, 2.24) is 9.88 Å². The molecule has 0 saturated carbocycles. The van der Waals surface area contributed by atoms with Crippen LogP contribution in [-0.4, -0.2) is 55.2 Å². The van der Waals surface area contributed by atoms with Crippen LogP contribution in [0.1, 0.15) is 12.0 Å². The molecule has 23 heavy (non-hydrogen) atoms. The molecule has 0 aliphatic carbocycles. The summed E-state index contributed by atoms with van der Waals surface area (Å²) in [5.41, 5.74) is 5.12. The lowest BCUT2D eigenvalue weighted by Crippen LogP contribution is -2.44. The van der Waals surface area contributed by atoms with Crippen molar-refractivity contribution in [2.75, 3.05) is 44.7 Å². The van der Waals surface area contributed by atoms with Gasteiger partial charge < -0.3 is 20.7 Å². The molecule has 128 valence electrons. The topological polar surface area (TPSA) is 75.8 Å². The predicted molar refractivity (Wildman–Crippen MR) is 81.2 cm³/mol. The van der Waals surface area contributed by atoms with Gasteiger partial charge in [0.2, 0.25) is 0 Å². The van der Waals surface area contributed by atoms with Gasteiger partial charge in [-0.05, 0) is 18.6 Å². The summed E-state index contributed by atoms with van der Waals surface area (Å²) in [4.78, 5) is 9.99. The lowest BCUT2D eigenvalue weighted by Gasteiger charge is -2.27. The number of nitrogens with zero attached hydrogens (tertiary/aromatic N) is 3. The first-order valence-corrected chi connectivity index (χ1v) is 7.36. The van der Waals surface area contributed by atoms with Gasteiger partial charge in [0.15, 0.2) is 5.96 Å². The van der Waals surface area contributed by atoms with Crippen molar-refractivity contribution in [3.05, 3.63) is 23.9 Å². The van der Waals surface area contributed by atoms with Gasteiger partial charge in [-0.25, -0.2) is 4.98 Å². The van der Waals surface area contributed by atoms with Crippen LogP contribution in [0.5, 0.6) is 0 Å². The minimum Gasteiger partial charge on any atom is -0.378 e. The molecule has 9 heteroatoms. The smallest absolute Gasteiger partial charge is 0.378 e. The van der Waals surface area contributed by atoms with E-state index in [2.05, 4.69) is 15.3 Å². The van der Waals surface area contributed by atoms with Crippen LogP contribution in [0.15, 0.2) is 23.3 Å². The van der Waals surface area contributed by atoms with Gasteiger partial charge in [0, 0.05) is 32.4 Å². The van der Waals surface area contributed by atoms with Gasteiger partial charge in [-0.2, -0.15) is 13.2 Å². The van der Waals surface area contributed by atoms with E-state index in [4.69, 9.17) is 10.5 Å². The highest BCUT2D eigenvalue weighted by atomic mass is 19.4. The highest BCUT2D eigenvalue weighted by molar-refractivity contribution is 5.78. The second kappa shape index (κ2) is 8.00. The zero-order valence-electron chi connectivity index (χ0n) is 12.6. The van der Waals surface area contributed by atoms with Crippen molar-refractivity contribution in [2.45, 2.75) is 12.6 Å². The molecule has 1 fully saturated rings. The van der Waals surface area contributed by atoms with Crippen LogP contribution in [0.4, 0.5) is 19.0 Å².